The first kappa shape index (κ1) is 15.8. The van der Waals surface area contributed by atoms with Crippen molar-refractivity contribution in [1.82, 2.24) is 5.32 Å². The van der Waals surface area contributed by atoms with E-state index in [4.69, 9.17) is 0 Å². The maximum Gasteiger partial charge on any atom is 0.230 e. The molecule has 1 unspecified atom stereocenters. The molecule has 20 heavy (non-hydrogen) atoms. The van der Waals surface area contributed by atoms with Crippen LogP contribution in [0, 0.1) is 21.8 Å². The molecule has 1 amide bonds. The molecule has 0 saturated carbocycles. The van der Waals surface area contributed by atoms with E-state index in [1.165, 1.54) is 9.13 Å². The van der Waals surface area contributed by atoms with Crippen LogP contribution in [0.4, 0.5) is 5.69 Å². The average molecular weight is 386 g/mol. The fourth-order valence-corrected chi connectivity index (χ4v) is 3.13. The topological polar surface area (TPSA) is 41.1 Å². The van der Waals surface area contributed by atoms with Crippen LogP contribution in [0.2, 0.25) is 0 Å². The zero-order valence-electron chi connectivity index (χ0n) is 12.4. The molecule has 4 heteroatoms. The highest BCUT2D eigenvalue weighted by molar-refractivity contribution is 14.1. The third-order valence-corrected chi connectivity index (χ3v) is 5.49. The van der Waals surface area contributed by atoms with Crippen LogP contribution in [0.3, 0.4) is 0 Å². The quantitative estimate of drug-likeness (QED) is 0.780. The fraction of sp³-hybridized carbons (Fsp3) is 0.562. The summed E-state index contributed by atoms with van der Waals surface area (Å²) in [5.74, 6) is 0.520. The summed E-state index contributed by atoms with van der Waals surface area (Å²) in [5, 5.41) is 6.47. The zero-order chi connectivity index (χ0) is 14.8. The van der Waals surface area contributed by atoms with Gasteiger partial charge in [0, 0.05) is 14.7 Å². The minimum atomic E-state index is -0.344. The Kier molecular flexibility index (Phi) is 5.07. The summed E-state index contributed by atoms with van der Waals surface area (Å²) in [6, 6.07) is 6.06. The van der Waals surface area contributed by atoms with Crippen molar-refractivity contribution < 1.29 is 4.79 Å². The van der Waals surface area contributed by atoms with Crippen molar-refractivity contribution in [3.63, 3.8) is 0 Å². The monoisotopic (exact) mass is 386 g/mol. The number of anilines is 1. The molecule has 110 valence electrons. The third kappa shape index (κ3) is 3.52. The first-order valence-corrected chi connectivity index (χ1v) is 8.27. The molecule has 1 atom stereocenters. The smallest absolute Gasteiger partial charge is 0.230 e. The van der Waals surface area contributed by atoms with E-state index in [0.29, 0.717) is 5.92 Å². The molecule has 0 aliphatic carbocycles. The SMILES string of the molecule is Cc1ccc(NC(=O)C(C)(C)C2CCCNC2)cc1I. The van der Waals surface area contributed by atoms with Gasteiger partial charge in [0.1, 0.15) is 0 Å². The first-order chi connectivity index (χ1) is 9.41. The standard InChI is InChI=1S/C16H23IN2O/c1-11-6-7-13(9-14(11)17)19-15(20)16(2,3)12-5-4-8-18-10-12/h6-7,9,12,18H,4-5,8,10H2,1-3H3,(H,19,20). The lowest BCUT2D eigenvalue weighted by Crippen LogP contribution is -2.44. The highest BCUT2D eigenvalue weighted by atomic mass is 127. The minimum absolute atomic E-state index is 0.117. The number of carbonyl (C=O) groups is 1. The van der Waals surface area contributed by atoms with Gasteiger partial charge in [-0.2, -0.15) is 0 Å². The van der Waals surface area contributed by atoms with Crippen molar-refractivity contribution in [3.05, 3.63) is 27.3 Å². The number of halogens is 1. The van der Waals surface area contributed by atoms with Gasteiger partial charge in [0.2, 0.25) is 5.91 Å². The van der Waals surface area contributed by atoms with E-state index in [2.05, 4.69) is 54.0 Å². The molecule has 0 spiro atoms. The van der Waals surface area contributed by atoms with Gasteiger partial charge in [-0.1, -0.05) is 19.9 Å². The Labute approximate surface area is 135 Å². The first-order valence-electron chi connectivity index (χ1n) is 7.19. The molecular formula is C16H23IN2O. The normalized spacial score (nSPS) is 19.7. The number of hydrogen-bond acceptors (Lipinski definition) is 2. The van der Waals surface area contributed by atoms with Crippen LogP contribution < -0.4 is 10.6 Å². The predicted octanol–water partition coefficient (Wildman–Crippen LogP) is 3.56. The molecule has 1 aromatic carbocycles. The molecule has 0 aromatic heterocycles. The lowest BCUT2D eigenvalue weighted by Gasteiger charge is -2.36. The van der Waals surface area contributed by atoms with Gasteiger partial charge in [-0.15, -0.1) is 0 Å². The lowest BCUT2D eigenvalue weighted by molar-refractivity contribution is -0.127. The number of hydrogen-bond donors (Lipinski definition) is 2. The molecule has 3 nitrogen and oxygen atoms in total. The molecule has 1 fully saturated rings. The number of rotatable bonds is 3. The van der Waals surface area contributed by atoms with Crippen LogP contribution in [0.5, 0.6) is 0 Å². The van der Waals surface area contributed by atoms with E-state index in [-0.39, 0.29) is 11.3 Å². The van der Waals surface area contributed by atoms with Crippen LogP contribution in [0.15, 0.2) is 18.2 Å². The molecule has 1 aliphatic rings. The second-order valence-corrected chi connectivity index (χ2v) is 7.35. The van der Waals surface area contributed by atoms with Gasteiger partial charge in [0.15, 0.2) is 0 Å². The molecule has 2 rings (SSSR count). The van der Waals surface area contributed by atoms with E-state index in [0.717, 1.165) is 31.6 Å². The molecule has 1 heterocycles. The number of nitrogens with one attached hydrogen (secondary N) is 2. The van der Waals surface area contributed by atoms with Crippen LogP contribution in [-0.4, -0.2) is 19.0 Å². The molecule has 0 bridgehead atoms. The molecular weight excluding hydrogens is 363 g/mol. The van der Waals surface area contributed by atoms with Gasteiger partial charge in [0.05, 0.1) is 0 Å². The van der Waals surface area contributed by atoms with Gasteiger partial charge in [-0.05, 0) is 79.1 Å². The van der Waals surface area contributed by atoms with Crippen LogP contribution in [0.1, 0.15) is 32.3 Å². The predicted molar refractivity (Wildman–Crippen MR) is 91.9 cm³/mol. The molecule has 1 saturated heterocycles. The van der Waals surface area contributed by atoms with E-state index in [9.17, 15) is 4.79 Å². The summed E-state index contributed by atoms with van der Waals surface area (Å²) >= 11 is 2.30. The number of aryl methyl sites for hydroxylation is 1. The summed E-state index contributed by atoms with van der Waals surface area (Å²) in [6.07, 6.45) is 2.28. The van der Waals surface area contributed by atoms with Gasteiger partial charge in [-0.3, -0.25) is 4.79 Å². The number of benzene rings is 1. The summed E-state index contributed by atoms with van der Waals surface area (Å²) in [5.41, 5.74) is 1.78. The largest absolute Gasteiger partial charge is 0.326 e. The number of piperidine rings is 1. The van der Waals surface area contributed by atoms with Crippen molar-refractivity contribution in [3.8, 4) is 0 Å². The summed E-state index contributed by atoms with van der Waals surface area (Å²) < 4.78 is 1.18. The van der Waals surface area contributed by atoms with Crippen molar-refractivity contribution >= 4 is 34.2 Å². The van der Waals surface area contributed by atoms with E-state index < -0.39 is 0 Å². The molecule has 2 N–H and O–H groups in total. The lowest BCUT2D eigenvalue weighted by atomic mass is 9.74. The Bertz CT molecular complexity index is 493. The van der Waals surface area contributed by atoms with E-state index >= 15 is 0 Å². The van der Waals surface area contributed by atoms with E-state index in [1.807, 2.05) is 18.2 Å². The van der Waals surface area contributed by atoms with Crippen molar-refractivity contribution in [2.75, 3.05) is 18.4 Å². The summed E-state index contributed by atoms with van der Waals surface area (Å²) in [6.45, 7) is 8.19. The maximum absolute atomic E-state index is 12.6. The minimum Gasteiger partial charge on any atom is -0.326 e. The zero-order valence-corrected chi connectivity index (χ0v) is 14.6. The van der Waals surface area contributed by atoms with Gasteiger partial charge < -0.3 is 10.6 Å². The molecule has 0 radical (unpaired) electrons. The van der Waals surface area contributed by atoms with Gasteiger partial charge in [0.25, 0.3) is 0 Å². The molecule has 1 aliphatic heterocycles. The third-order valence-electron chi connectivity index (χ3n) is 4.33. The Morgan fingerprint density at radius 1 is 1.45 bits per heavy atom. The van der Waals surface area contributed by atoms with Crippen LogP contribution >= 0.6 is 22.6 Å². The second kappa shape index (κ2) is 6.43. The van der Waals surface area contributed by atoms with Gasteiger partial charge >= 0.3 is 0 Å². The Morgan fingerprint density at radius 2 is 2.20 bits per heavy atom. The highest BCUT2D eigenvalue weighted by Gasteiger charge is 2.37. The summed E-state index contributed by atoms with van der Waals surface area (Å²) in [4.78, 5) is 12.6. The van der Waals surface area contributed by atoms with E-state index in [1.54, 1.807) is 0 Å². The Balaban J connectivity index is 2.07. The summed E-state index contributed by atoms with van der Waals surface area (Å²) in [7, 11) is 0. The van der Waals surface area contributed by atoms with Crippen molar-refractivity contribution in [1.29, 1.82) is 0 Å². The van der Waals surface area contributed by atoms with Crippen molar-refractivity contribution in [2.45, 2.75) is 33.6 Å². The number of amides is 1. The van der Waals surface area contributed by atoms with Gasteiger partial charge in [-0.25, -0.2) is 0 Å². The second-order valence-electron chi connectivity index (χ2n) is 6.18. The Hall–Kier alpha value is -0.620. The Morgan fingerprint density at radius 3 is 2.80 bits per heavy atom. The highest BCUT2D eigenvalue weighted by Crippen LogP contribution is 2.33. The van der Waals surface area contributed by atoms with Crippen LogP contribution in [0.25, 0.3) is 0 Å². The van der Waals surface area contributed by atoms with Crippen LogP contribution in [-0.2, 0) is 4.79 Å². The average Bonchev–Trinajstić information content (AvgIpc) is 2.44. The fourth-order valence-electron chi connectivity index (χ4n) is 2.62. The maximum atomic E-state index is 12.6. The number of carbonyl (C=O) groups excluding carboxylic acids is 1. The van der Waals surface area contributed by atoms with Crippen molar-refractivity contribution in [2.24, 2.45) is 11.3 Å². The molecule has 1 aromatic rings.